The van der Waals surface area contributed by atoms with Crippen LogP contribution in [-0.2, 0) is 9.53 Å². The first kappa shape index (κ1) is 18.7. The third kappa shape index (κ3) is 6.49. The minimum atomic E-state index is -0.0667. The zero-order valence-corrected chi connectivity index (χ0v) is 14.9. The number of nitrogens with zero attached hydrogens (tertiary/aromatic N) is 1. The normalized spacial score (nSPS) is 16.6. The van der Waals surface area contributed by atoms with Gasteiger partial charge in [-0.2, -0.15) is 0 Å². The Morgan fingerprint density at radius 2 is 2.00 bits per heavy atom. The van der Waals surface area contributed by atoms with Gasteiger partial charge in [-0.1, -0.05) is 26.0 Å². The summed E-state index contributed by atoms with van der Waals surface area (Å²) in [6.07, 6.45) is 2.07. The largest absolute Gasteiger partial charge is 0.484 e. The van der Waals surface area contributed by atoms with E-state index in [-0.39, 0.29) is 12.5 Å². The van der Waals surface area contributed by atoms with E-state index in [1.54, 1.807) is 0 Å². The van der Waals surface area contributed by atoms with Gasteiger partial charge in [0, 0.05) is 19.6 Å². The highest BCUT2D eigenvalue weighted by Crippen LogP contribution is 2.21. The van der Waals surface area contributed by atoms with Crippen LogP contribution < -0.4 is 10.1 Å². The standard InChI is InChI=1S/C19H30N2O3/c1-3-16(2)17-5-7-18(8-6-17)24-15-19(22)20-9-4-10-21-11-13-23-14-12-21/h5-8,16H,3-4,9-15H2,1-2H3,(H,20,22)/t16-/m1/s1. The summed E-state index contributed by atoms with van der Waals surface area (Å²) < 4.78 is 10.9. The first-order chi connectivity index (χ1) is 11.7. The maximum absolute atomic E-state index is 11.8. The number of hydrogen-bond acceptors (Lipinski definition) is 4. The van der Waals surface area contributed by atoms with Gasteiger partial charge in [-0.25, -0.2) is 0 Å². The molecule has 1 heterocycles. The molecule has 0 spiro atoms. The summed E-state index contributed by atoms with van der Waals surface area (Å²) in [6.45, 7) is 9.76. The Labute approximate surface area is 145 Å². The van der Waals surface area contributed by atoms with Crippen LogP contribution in [0.5, 0.6) is 5.75 Å². The molecule has 5 nitrogen and oxygen atoms in total. The van der Waals surface area contributed by atoms with Crippen LogP contribution in [0.4, 0.5) is 0 Å². The van der Waals surface area contributed by atoms with E-state index in [0.29, 0.717) is 12.5 Å². The van der Waals surface area contributed by atoms with Crippen LogP contribution in [0, 0.1) is 0 Å². The van der Waals surface area contributed by atoms with Gasteiger partial charge in [0.1, 0.15) is 5.75 Å². The number of rotatable bonds is 9. The van der Waals surface area contributed by atoms with Gasteiger partial charge in [-0.05, 0) is 43.0 Å². The lowest BCUT2D eigenvalue weighted by Crippen LogP contribution is -2.38. The molecule has 5 heteroatoms. The molecular weight excluding hydrogens is 304 g/mol. The van der Waals surface area contributed by atoms with Crippen molar-refractivity contribution in [2.45, 2.75) is 32.6 Å². The highest BCUT2D eigenvalue weighted by atomic mass is 16.5. The molecule has 0 bridgehead atoms. The SMILES string of the molecule is CC[C@@H](C)c1ccc(OCC(=O)NCCCN2CCOCC2)cc1. The molecule has 0 aromatic heterocycles. The number of ether oxygens (including phenoxy) is 2. The molecule has 0 saturated carbocycles. The van der Waals surface area contributed by atoms with Crippen molar-refractivity contribution >= 4 is 5.91 Å². The Morgan fingerprint density at radius 1 is 1.29 bits per heavy atom. The summed E-state index contributed by atoms with van der Waals surface area (Å²) in [5.41, 5.74) is 1.30. The van der Waals surface area contributed by atoms with Crippen LogP contribution in [0.15, 0.2) is 24.3 Å². The average Bonchev–Trinajstić information content (AvgIpc) is 2.64. The van der Waals surface area contributed by atoms with Gasteiger partial charge in [0.2, 0.25) is 0 Å². The van der Waals surface area contributed by atoms with Gasteiger partial charge in [0.05, 0.1) is 13.2 Å². The zero-order chi connectivity index (χ0) is 17.2. The summed E-state index contributed by atoms with van der Waals surface area (Å²) in [7, 11) is 0. The number of morpholine rings is 1. The Morgan fingerprint density at radius 3 is 2.67 bits per heavy atom. The van der Waals surface area contributed by atoms with E-state index in [2.05, 4.69) is 36.2 Å². The van der Waals surface area contributed by atoms with Gasteiger partial charge in [0.15, 0.2) is 6.61 Å². The van der Waals surface area contributed by atoms with E-state index in [0.717, 1.165) is 51.4 Å². The van der Waals surface area contributed by atoms with E-state index in [9.17, 15) is 4.79 Å². The molecule has 1 aliphatic heterocycles. The van der Waals surface area contributed by atoms with E-state index >= 15 is 0 Å². The lowest BCUT2D eigenvalue weighted by molar-refractivity contribution is -0.123. The molecular formula is C19H30N2O3. The molecule has 0 unspecified atom stereocenters. The topological polar surface area (TPSA) is 50.8 Å². The second-order valence-electron chi connectivity index (χ2n) is 6.32. The van der Waals surface area contributed by atoms with E-state index in [1.807, 2.05) is 12.1 Å². The van der Waals surface area contributed by atoms with Gasteiger partial charge in [-0.15, -0.1) is 0 Å². The lowest BCUT2D eigenvalue weighted by atomic mass is 9.99. The van der Waals surface area contributed by atoms with Gasteiger partial charge < -0.3 is 14.8 Å². The van der Waals surface area contributed by atoms with Crippen molar-refractivity contribution in [1.29, 1.82) is 0 Å². The minimum Gasteiger partial charge on any atom is -0.484 e. The molecule has 1 aliphatic rings. The number of hydrogen-bond donors (Lipinski definition) is 1. The molecule has 1 atom stereocenters. The second kappa shape index (κ2) is 10.3. The maximum Gasteiger partial charge on any atom is 0.257 e. The third-order valence-electron chi connectivity index (χ3n) is 4.51. The lowest BCUT2D eigenvalue weighted by Gasteiger charge is -2.26. The van der Waals surface area contributed by atoms with Crippen LogP contribution in [-0.4, -0.2) is 56.8 Å². The first-order valence-corrected chi connectivity index (χ1v) is 8.98. The Hall–Kier alpha value is -1.59. The predicted molar refractivity (Wildman–Crippen MR) is 95.5 cm³/mol. The van der Waals surface area contributed by atoms with Crippen LogP contribution in [0.1, 0.15) is 38.2 Å². The molecule has 1 saturated heterocycles. The highest BCUT2D eigenvalue weighted by molar-refractivity contribution is 5.77. The van der Waals surface area contributed by atoms with E-state index in [1.165, 1.54) is 5.56 Å². The monoisotopic (exact) mass is 334 g/mol. The minimum absolute atomic E-state index is 0.0667. The molecule has 1 aromatic rings. The average molecular weight is 334 g/mol. The van der Waals surface area contributed by atoms with Crippen LogP contribution in [0.2, 0.25) is 0 Å². The number of amides is 1. The Bertz CT molecular complexity index is 484. The summed E-state index contributed by atoms with van der Waals surface area (Å²) in [6, 6.07) is 8.02. The number of carbonyl (C=O) groups excluding carboxylic acids is 1. The highest BCUT2D eigenvalue weighted by Gasteiger charge is 2.10. The number of nitrogens with one attached hydrogen (secondary N) is 1. The molecule has 1 aromatic carbocycles. The summed E-state index contributed by atoms with van der Waals surface area (Å²) in [5, 5.41) is 2.91. The molecule has 1 N–H and O–H groups in total. The van der Waals surface area contributed by atoms with Crippen molar-refractivity contribution in [3.63, 3.8) is 0 Å². The predicted octanol–water partition coefficient (Wildman–Crippen LogP) is 2.42. The van der Waals surface area contributed by atoms with Gasteiger partial charge >= 0.3 is 0 Å². The fourth-order valence-electron chi connectivity index (χ4n) is 2.68. The third-order valence-corrected chi connectivity index (χ3v) is 4.51. The fraction of sp³-hybridized carbons (Fsp3) is 0.632. The molecule has 0 radical (unpaired) electrons. The molecule has 2 rings (SSSR count). The fourth-order valence-corrected chi connectivity index (χ4v) is 2.68. The van der Waals surface area contributed by atoms with E-state index < -0.39 is 0 Å². The maximum atomic E-state index is 11.8. The quantitative estimate of drug-likeness (QED) is 0.705. The second-order valence-corrected chi connectivity index (χ2v) is 6.32. The smallest absolute Gasteiger partial charge is 0.257 e. The van der Waals surface area contributed by atoms with Crippen molar-refractivity contribution in [2.24, 2.45) is 0 Å². The van der Waals surface area contributed by atoms with Crippen LogP contribution in [0.25, 0.3) is 0 Å². The molecule has 0 aliphatic carbocycles. The molecule has 134 valence electrons. The zero-order valence-electron chi connectivity index (χ0n) is 14.9. The van der Waals surface area contributed by atoms with Gasteiger partial charge in [0.25, 0.3) is 5.91 Å². The Kier molecular flexibility index (Phi) is 8.05. The molecule has 1 amide bonds. The van der Waals surface area contributed by atoms with Crippen molar-refractivity contribution in [1.82, 2.24) is 10.2 Å². The number of carbonyl (C=O) groups is 1. The van der Waals surface area contributed by atoms with Crippen molar-refractivity contribution < 1.29 is 14.3 Å². The van der Waals surface area contributed by atoms with Crippen molar-refractivity contribution in [2.75, 3.05) is 46.0 Å². The van der Waals surface area contributed by atoms with Crippen molar-refractivity contribution in [3.8, 4) is 5.75 Å². The van der Waals surface area contributed by atoms with Crippen molar-refractivity contribution in [3.05, 3.63) is 29.8 Å². The molecule has 24 heavy (non-hydrogen) atoms. The van der Waals surface area contributed by atoms with Crippen LogP contribution >= 0.6 is 0 Å². The van der Waals surface area contributed by atoms with Crippen LogP contribution in [0.3, 0.4) is 0 Å². The summed E-state index contributed by atoms with van der Waals surface area (Å²) >= 11 is 0. The first-order valence-electron chi connectivity index (χ1n) is 8.98. The summed E-state index contributed by atoms with van der Waals surface area (Å²) in [5.74, 6) is 1.22. The summed E-state index contributed by atoms with van der Waals surface area (Å²) in [4.78, 5) is 14.2. The van der Waals surface area contributed by atoms with E-state index in [4.69, 9.17) is 9.47 Å². The Balaban J connectivity index is 1.58. The van der Waals surface area contributed by atoms with Gasteiger partial charge in [-0.3, -0.25) is 9.69 Å². The molecule has 1 fully saturated rings. The number of benzene rings is 1.